The van der Waals surface area contributed by atoms with Crippen molar-refractivity contribution in [2.24, 2.45) is 4.99 Å². The van der Waals surface area contributed by atoms with E-state index in [0.717, 1.165) is 25.7 Å². The van der Waals surface area contributed by atoms with Gasteiger partial charge in [0.05, 0.1) is 13.2 Å². The highest BCUT2D eigenvalue weighted by molar-refractivity contribution is 7.93. The average molecular weight is 633 g/mol. The van der Waals surface area contributed by atoms with E-state index >= 15 is 0 Å². The Hall–Kier alpha value is -3.71. The second kappa shape index (κ2) is 12.4. The summed E-state index contributed by atoms with van der Waals surface area (Å²) in [5, 5.41) is 3.85. The van der Waals surface area contributed by atoms with E-state index in [0.29, 0.717) is 36.4 Å². The lowest BCUT2D eigenvalue weighted by molar-refractivity contribution is -0.330. The summed E-state index contributed by atoms with van der Waals surface area (Å²) in [5.74, 6) is 0.892. The van der Waals surface area contributed by atoms with Crippen molar-refractivity contribution in [2.45, 2.75) is 95.7 Å². The molecule has 3 aromatic rings. The molecule has 44 heavy (non-hydrogen) atoms. The van der Waals surface area contributed by atoms with Gasteiger partial charge in [-0.15, -0.1) is 13.2 Å². The first-order chi connectivity index (χ1) is 20.8. The van der Waals surface area contributed by atoms with Gasteiger partial charge in [0, 0.05) is 17.5 Å². The van der Waals surface area contributed by atoms with E-state index in [2.05, 4.69) is 14.6 Å². The molecule has 1 aromatic heterocycles. The molecule has 1 spiro atoms. The Kier molecular flexibility index (Phi) is 8.90. The van der Waals surface area contributed by atoms with Crippen molar-refractivity contribution in [1.82, 2.24) is 10.1 Å². The zero-order chi connectivity index (χ0) is 31.7. The van der Waals surface area contributed by atoms with Crippen LogP contribution in [0.4, 0.5) is 19.0 Å². The number of nitrogens with one attached hydrogen (secondary N) is 1. The number of aliphatic imine (C=N–C) groups is 1. The first-order valence-corrected chi connectivity index (χ1v) is 16.1. The molecule has 0 bridgehead atoms. The second-order valence-electron chi connectivity index (χ2n) is 11.3. The SMILES string of the molecule is CCCCC1=NC2(CCCC2)C(=O)N1Cc1cccc(-c2ccccc2COC(F)(F)F)c1S(=O)(=O)Nc1noc(C)c1C. The zero-order valence-electron chi connectivity index (χ0n) is 24.8. The van der Waals surface area contributed by atoms with Gasteiger partial charge in [-0.25, -0.2) is 8.42 Å². The number of alkyl halides is 3. The molecule has 1 aliphatic carbocycles. The van der Waals surface area contributed by atoms with Gasteiger partial charge in [0.1, 0.15) is 22.0 Å². The smallest absolute Gasteiger partial charge is 0.359 e. The molecule has 1 fully saturated rings. The fourth-order valence-electron chi connectivity index (χ4n) is 5.87. The molecule has 9 nitrogen and oxygen atoms in total. The van der Waals surface area contributed by atoms with Gasteiger partial charge in [0.25, 0.3) is 15.9 Å². The van der Waals surface area contributed by atoms with Crippen LogP contribution in [0.15, 0.2) is 56.9 Å². The van der Waals surface area contributed by atoms with Gasteiger partial charge in [-0.3, -0.25) is 24.1 Å². The lowest BCUT2D eigenvalue weighted by atomic mass is 9.96. The highest BCUT2D eigenvalue weighted by Gasteiger charge is 2.49. The van der Waals surface area contributed by atoms with Crippen molar-refractivity contribution in [3.05, 3.63) is 64.9 Å². The average Bonchev–Trinajstić information content (AvgIpc) is 3.65. The minimum Gasteiger partial charge on any atom is -0.359 e. The van der Waals surface area contributed by atoms with Crippen LogP contribution in [0, 0.1) is 13.8 Å². The number of anilines is 1. The summed E-state index contributed by atoms with van der Waals surface area (Å²) in [4.78, 5) is 20.2. The number of nitrogens with zero attached hydrogens (tertiary/aromatic N) is 3. The third-order valence-corrected chi connectivity index (χ3v) is 9.75. The van der Waals surface area contributed by atoms with Crippen LogP contribution >= 0.6 is 0 Å². The number of ether oxygens (including phenoxy) is 1. The van der Waals surface area contributed by atoms with Crippen LogP contribution < -0.4 is 4.72 Å². The van der Waals surface area contributed by atoms with Crippen LogP contribution in [0.25, 0.3) is 11.1 Å². The van der Waals surface area contributed by atoms with E-state index in [1.54, 1.807) is 49.1 Å². The van der Waals surface area contributed by atoms with Crippen LogP contribution in [0.1, 0.15) is 74.3 Å². The van der Waals surface area contributed by atoms with E-state index < -0.39 is 28.5 Å². The number of rotatable bonds is 11. The number of aromatic nitrogens is 1. The Balaban J connectivity index is 1.64. The molecule has 0 unspecified atom stereocenters. The molecule has 1 amide bonds. The number of sulfonamides is 1. The normalized spacial score (nSPS) is 16.6. The maximum atomic E-state index is 14.2. The molecule has 2 aromatic carbocycles. The number of halogens is 3. The second-order valence-corrected chi connectivity index (χ2v) is 12.9. The molecule has 1 aliphatic heterocycles. The first kappa shape index (κ1) is 31.7. The monoisotopic (exact) mass is 632 g/mol. The lowest BCUT2D eigenvalue weighted by Crippen LogP contribution is -2.41. The van der Waals surface area contributed by atoms with Crippen molar-refractivity contribution in [1.29, 1.82) is 0 Å². The number of unbranched alkanes of at least 4 members (excludes halogenated alkanes) is 1. The summed E-state index contributed by atoms with van der Waals surface area (Å²) in [6.45, 7) is 4.44. The fourth-order valence-corrected chi connectivity index (χ4v) is 7.36. The number of amides is 1. The van der Waals surface area contributed by atoms with Crippen molar-refractivity contribution >= 4 is 27.6 Å². The van der Waals surface area contributed by atoms with Crippen molar-refractivity contribution in [3.63, 3.8) is 0 Å². The van der Waals surface area contributed by atoms with Crippen LogP contribution in [0.2, 0.25) is 0 Å². The van der Waals surface area contributed by atoms with Gasteiger partial charge in [0.15, 0.2) is 5.82 Å². The Morgan fingerprint density at radius 3 is 2.39 bits per heavy atom. The van der Waals surface area contributed by atoms with E-state index in [1.807, 2.05) is 6.92 Å². The Bertz CT molecular complexity index is 1680. The van der Waals surface area contributed by atoms with Crippen molar-refractivity contribution in [2.75, 3.05) is 4.72 Å². The molecular formula is C31H35F3N4O5S. The minimum absolute atomic E-state index is 0.00991. The summed E-state index contributed by atoms with van der Waals surface area (Å²) < 4.78 is 79.3. The summed E-state index contributed by atoms with van der Waals surface area (Å²) in [6, 6.07) is 10.9. The third-order valence-electron chi connectivity index (χ3n) is 8.26. The van der Waals surface area contributed by atoms with E-state index in [4.69, 9.17) is 9.52 Å². The molecule has 0 radical (unpaired) electrons. The maximum absolute atomic E-state index is 14.2. The first-order valence-electron chi connectivity index (χ1n) is 14.6. The summed E-state index contributed by atoms with van der Waals surface area (Å²) in [6.07, 6.45) is 0.438. The number of amidine groups is 1. The van der Waals surface area contributed by atoms with E-state index in [9.17, 15) is 26.4 Å². The summed E-state index contributed by atoms with van der Waals surface area (Å²) in [7, 11) is -4.43. The molecular weight excluding hydrogens is 597 g/mol. The van der Waals surface area contributed by atoms with E-state index in [-0.39, 0.29) is 45.4 Å². The molecule has 1 N–H and O–H groups in total. The quantitative estimate of drug-likeness (QED) is 0.243. The molecule has 236 valence electrons. The number of hydrogen-bond acceptors (Lipinski definition) is 7. The van der Waals surface area contributed by atoms with Gasteiger partial charge in [-0.2, -0.15) is 0 Å². The Morgan fingerprint density at radius 1 is 1.05 bits per heavy atom. The number of hydrogen-bond donors (Lipinski definition) is 1. The van der Waals surface area contributed by atoms with Gasteiger partial charge < -0.3 is 4.52 Å². The topological polar surface area (TPSA) is 114 Å². The third kappa shape index (κ3) is 6.39. The molecule has 0 atom stereocenters. The van der Waals surface area contributed by atoms with Gasteiger partial charge >= 0.3 is 6.36 Å². The molecule has 1 saturated carbocycles. The van der Waals surface area contributed by atoms with Crippen LogP contribution in [0.3, 0.4) is 0 Å². The lowest BCUT2D eigenvalue weighted by Gasteiger charge is -2.25. The van der Waals surface area contributed by atoms with Crippen LogP contribution in [-0.4, -0.2) is 42.1 Å². The van der Waals surface area contributed by atoms with Crippen molar-refractivity contribution in [3.8, 4) is 11.1 Å². The number of aryl methyl sites for hydroxylation is 1. The summed E-state index contributed by atoms with van der Waals surface area (Å²) in [5.41, 5.74) is 0.481. The fraction of sp³-hybridized carbons (Fsp3) is 0.452. The molecule has 5 rings (SSSR count). The van der Waals surface area contributed by atoms with Crippen molar-refractivity contribution < 1.29 is 35.6 Å². The zero-order valence-corrected chi connectivity index (χ0v) is 25.6. The van der Waals surface area contributed by atoms with Crippen LogP contribution in [-0.2, 0) is 32.7 Å². The number of benzene rings is 2. The van der Waals surface area contributed by atoms with Crippen LogP contribution in [0.5, 0.6) is 0 Å². The molecule has 0 saturated heterocycles. The number of carbonyl (C=O) groups is 1. The highest BCUT2D eigenvalue weighted by atomic mass is 32.2. The Morgan fingerprint density at radius 2 is 1.73 bits per heavy atom. The largest absolute Gasteiger partial charge is 0.522 e. The molecule has 2 heterocycles. The Labute approximate surface area is 254 Å². The van der Waals surface area contributed by atoms with E-state index in [1.165, 1.54) is 12.1 Å². The number of carbonyl (C=O) groups excluding carboxylic acids is 1. The standard InChI is InChI=1S/C31H35F3N4O5S/c1-4-5-15-26-35-30(16-8-9-17-30)29(39)38(26)18-22-12-10-14-25(24-13-7-6-11-23(24)19-42-31(32,33)34)27(22)44(40,41)37-28-20(2)21(3)43-36-28/h6-7,10-14H,4-5,8-9,15-19H2,1-3H3,(H,36,37). The highest BCUT2D eigenvalue weighted by Crippen LogP contribution is 2.41. The predicted octanol–water partition coefficient (Wildman–Crippen LogP) is 7.04. The molecule has 13 heteroatoms. The minimum atomic E-state index is -4.88. The van der Waals surface area contributed by atoms with Gasteiger partial charge in [0.2, 0.25) is 0 Å². The summed E-state index contributed by atoms with van der Waals surface area (Å²) >= 11 is 0. The predicted molar refractivity (Wildman–Crippen MR) is 158 cm³/mol. The van der Waals surface area contributed by atoms with Gasteiger partial charge in [-0.1, -0.05) is 73.8 Å². The maximum Gasteiger partial charge on any atom is 0.522 e. The molecule has 2 aliphatic rings. The van der Waals surface area contributed by atoms with Gasteiger partial charge in [-0.05, 0) is 49.8 Å².